The minimum Gasteiger partial charge on any atom is -0.389 e. The van der Waals surface area contributed by atoms with Crippen molar-refractivity contribution in [3.63, 3.8) is 0 Å². The molecular formula is C5H7NOS. The van der Waals surface area contributed by atoms with Crippen molar-refractivity contribution in [3.8, 4) is 0 Å². The highest BCUT2D eigenvalue weighted by atomic mass is 32.1. The van der Waals surface area contributed by atoms with E-state index in [1.165, 1.54) is 11.5 Å². The second-order valence-corrected chi connectivity index (χ2v) is 2.29. The lowest BCUT2D eigenvalue weighted by molar-refractivity contribution is 0.199. The summed E-state index contributed by atoms with van der Waals surface area (Å²) in [5, 5.41) is 10.7. The van der Waals surface area contributed by atoms with E-state index in [1.54, 1.807) is 13.1 Å². The second kappa shape index (κ2) is 2.24. The number of hydrogen-bond donors (Lipinski definition) is 1. The third-order valence-electron chi connectivity index (χ3n) is 0.934. The second-order valence-electron chi connectivity index (χ2n) is 1.63. The Bertz CT molecular complexity index is 147. The van der Waals surface area contributed by atoms with Gasteiger partial charge in [0.05, 0.1) is 6.10 Å². The Morgan fingerprint density at radius 1 is 1.88 bits per heavy atom. The summed E-state index contributed by atoms with van der Waals surface area (Å²) in [7, 11) is 0. The average molecular weight is 129 g/mol. The average Bonchev–Trinajstić information content (AvgIpc) is 2.12. The smallest absolute Gasteiger partial charge is 0.0785 e. The van der Waals surface area contributed by atoms with E-state index in [1.807, 2.05) is 5.38 Å². The van der Waals surface area contributed by atoms with Crippen molar-refractivity contribution >= 4 is 11.5 Å². The first-order chi connectivity index (χ1) is 3.80. The summed E-state index contributed by atoms with van der Waals surface area (Å²) in [5.41, 5.74) is 0.898. The highest BCUT2D eigenvalue weighted by molar-refractivity contribution is 7.03. The van der Waals surface area contributed by atoms with Crippen LogP contribution in [0.4, 0.5) is 0 Å². The highest BCUT2D eigenvalue weighted by Crippen LogP contribution is 2.11. The van der Waals surface area contributed by atoms with Gasteiger partial charge in [-0.3, -0.25) is 0 Å². The molecule has 0 saturated carbocycles. The number of nitrogens with zero attached hydrogens (tertiary/aromatic N) is 1. The molecule has 0 aliphatic heterocycles. The van der Waals surface area contributed by atoms with Gasteiger partial charge in [0.25, 0.3) is 0 Å². The van der Waals surface area contributed by atoms with E-state index in [0.29, 0.717) is 0 Å². The van der Waals surface area contributed by atoms with Crippen LogP contribution in [0.1, 0.15) is 18.6 Å². The van der Waals surface area contributed by atoms with Crippen molar-refractivity contribution in [3.05, 3.63) is 17.1 Å². The highest BCUT2D eigenvalue weighted by Gasteiger charge is 1.98. The van der Waals surface area contributed by atoms with Gasteiger partial charge in [0.1, 0.15) is 0 Å². The summed E-state index contributed by atoms with van der Waals surface area (Å²) in [5.74, 6) is 0. The SMILES string of the molecule is C[C@H](O)c1cnsc1. The van der Waals surface area contributed by atoms with Crippen LogP contribution in [0, 0.1) is 0 Å². The predicted molar refractivity (Wildman–Crippen MR) is 32.7 cm³/mol. The van der Waals surface area contributed by atoms with Gasteiger partial charge in [-0.15, -0.1) is 0 Å². The molecule has 0 aliphatic rings. The van der Waals surface area contributed by atoms with E-state index in [0.717, 1.165) is 5.56 Å². The number of aliphatic hydroxyl groups excluding tert-OH is 1. The molecule has 0 unspecified atom stereocenters. The molecule has 8 heavy (non-hydrogen) atoms. The Morgan fingerprint density at radius 2 is 2.62 bits per heavy atom. The van der Waals surface area contributed by atoms with Crippen LogP contribution in [-0.2, 0) is 0 Å². The molecule has 0 fully saturated rings. The van der Waals surface area contributed by atoms with Crippen LogP contribution in [0.5, 0.6) is 0 Å². The fourth-order valence-electron chi connectivity index (χ4n) is 0.419. The zero-order valence-electron chi connectivity index (χ0n) is 4.53. The van der Waals surface area contributed by atoms with Crippen LogP contribution >= 0.6 is 11.5 Å². The van der Waals surface area contributed by atoms with Gasteiger partial charge in [-0.25, -0.2) is 4.37 Å². The molecule has 1 aromatic heterocycles. The molecule has 0 radical (unpaired) electrons. The standard InChI is InChI=1S/C5H7NOS/c1-4(7)5-2-6-8-3-5/h2-4,7H,1H3/t4-/m0/s1. The number of aromatic nitrogens is 1. The molecule has 2 nitrogen and oxygen atoms in total. The molecule has 1 atom stereocenters. The Labute approximate surface area is 52.0 Å². The van der Waals surface area contributed by atoms with Gasteiger partial charge in [-0.1, -0.05) is 0 Å². The molecule has 0 spiro atoms. The normalized spacial score (nSPS) is 13.8. The molecule has 0 amide bonds. The molecule has 0 bridgehead atoms. The van der Waals surface area contributed by atoms with Crippen LogP contribution in [0.2, 0.25) is 0 Å². The van der Waals surface area contributed by atoms with Crippen molar-refractivity contribution in [2.24, 2.45) is 0 Å². The van der Waals surface area contributed by atoms with Crippen molar-refractivity contribution in [1.29, 1.82) is 0 Å². The Kier molecular flexibility index (Phi) is 1.60. The van der Waals surface area contributed by atoms with E-state index in [2.05, 4.69) is 4.37 Å². The zero-order valence-corrected chi connectivity index (χ0v) is 5.35. The number of aliphatic hydroxyl groups is 1. The van der Waals surface area contributed by atoms with Crippen molar-refractivity contribution in [2.45, 2.75) is 13.0 Å². The fourth-order valence-corrected chi connectivity index (χ4v) is 1.04. The quantitative estimate of drug-likeness (QED) is 0.618. The van der Waals surface area contributed by atoms with Crippen LogP contribution < -0.4 is 0 Å². The summed E-state index contributed by atoms with van der Waals surface area (Å²) in [6, 6.07) is 0. The summed E-state index contributed by atoms with van der Waals surface area (Å²) < 4.78 is 3.83. The molecule has 1 heterocycles. The maximum Gasteiger partial charge on any atom is 0.0785 e. The van der Waals surface area contributed by atoms with Crippen LogP contribution in [0.15, 0.2) is 11.6 Å². The van der Waals surface area contributed by atoms with Crippen molar-refractivity contribution < 1.29 is 5.11 Å². The topological polar surface area (TPSA) is 33.1 Å². The molecule has 1 aromatic rings. The molecule has 1 rings (SSSR count). The molecule has 44 valence electrons. The first-order valence-electron chi connectivity index (χ1n) is 2.38. The van der Waals surface area contributed by atoms with E-state index in [4.69, 9.17) is 5.11 Å². The van der Waals surface area contributed by atoms with Crippen LogP contribution in [0.25, 0.3) is 0 Å². The summed E-state index contributed by atoms with van der Waals surface area (Å²) >= 11 is 1.36. The van der Waals surface area contributed by atoms with Gasteiger partial charge in [-0.2, -0.15) is 0 Å². The molecule has 0 saturated heterocycles. The Morgan fingerprint density at radius 3 is 2.88 bits per heavy atom. The van der Waals surface area contributed by atoms with Crippen molar-refractivity contribution in [1.82, 2.24) is 4.37 Å². The fraction of sp³-hybridized carbons (Fsp3) is 0.400. The molecular weight excluding hydrogens is 122 g/mol. The van der Waals surface area contributed by atoms with Crippen molar-refractivity contribution in [2.75, 3.05) is 0 Å². The van der Waals surface area contributed by atoms with Crippen LogP contribution in [0.3, 0.4) is 0 Å². The van der Waals surface area contributed by atoms with Crippen LogP contribution in [-0.4, -0.2) is 9.48 Å². The first-order valence-corrected chi connectivity index (χ1v) is 3.21. The van der Waals surface area contributed by atoms with Gasteiger partial charge in [-0.05, 0) is 18.5 Å². The third kappa shape index (κ3) is 1.05. The summed E-state index contributed by atoms with van der Waals surface area (Å²) in [6.07, 6.45) is 1.31. The third-order valence-corrected chi connectivity index (χ3v) is 1.54. The van der Waals surface area contributed by atoms with Gasteiger partial charge in [0.15, 0.2) is 0 Å². The van der Waals surface area contributed by atoms with E-state index in [-0.39, 0.29) is 6.10 Å². The lowest BCUT2D eigenvalue weighted by Crippen LogP contribution is -1.85. The monoisotopic (exact) mass is 129 g/mol. The number of rotatable bonds is 1. The van der Waals surface area contributed by atoms with E-state index in [9.17, 15) is 0 Å². The molecule has 1 N–H and O–H groups in total. The summed E-state index contributed by atoms with van der Waals surface area (Å²) in [4.78, 5) is 0. The minimum absolute atomic E-state index is 0.367. The van der Waals surface area contributed by atoms with Gasteiger partial charge in [0.2, 0.25) is 0 Å². The van der Waals surface area contributed by atoms with Gasteiger partial charge < -0.3 is 5.11 Å². The largest absolute Gasteiger partial charge is 0.389 e. The van der Waals surface area contributed by atoms with E-state index >= 15 is 0 Å². The predicted octanol–water partition coefficient (Wildman–Crippen LogP) is 1.20. The lowest BCUT2D eigenvalue weighted by Gasteiger charge is -1.94. The summed E-state index contributed by atoms with van der Waals surface area (Å²) in [6.45, 7) is 1.73. The maximum atomic E-state index is 8.88. The lowest BCUT2D eigenvalue weighted by atomic mass is 10.2. The molecule has 3 heteroatoms. The Balaban J connectivity index is 2.77. The maximum absolute atomic E-state index is 8.88. The Hall–Kier alpha value is -0.410. The number of hydrogen-bond acceptors (Lipinski definition) is 3. The first kappa shape index (κ1) is 5.72. The molecule has 0 aromatic carbocycles. The van der Waals surface area contributed by atoms with E-state index < -0.39 is 0 Å². The van der Waals surface area contributed by atoms with Gasteiger partial charge in [0, 0.05) is 17.1 Å². The minimum atomic E-state index is -0.367. The molecule has 0 aliphatic carbocycles. The zero-order chi connectivity index (χ0) is 5.98. The van der Waals surface area contributed by atoms with Gasteiger partial charge >= 0.3 is 0 Å².